The van der Waals surface area contributed by atoms with Crippen molar-refractivity contribution >= 4 is 11.4 Å². The van der Waals surface area contributed by atoms with Crippen LogP contribution in [0, 0.1) is 6.92 Å². The van der Waals surface area contributed by atoms with E-state index in [0.29, 0.717) is 5.69 Å². The van der Waals surface area contributed by atoms with Gasteiger partial charge in [-0.15, -0.1) is 0 Å². The van der Waals surface area contributed by atoms with Gasteiger partial charge in [0.1, 0.15) is 11.4 Å². The first kappa shape index (κ1) is 12.2. The summed E-state index contributed by atoms with van der Waals surface area (Å²) in [6.07, 6.45) is 7.64. The van der Waals surface area contributed by atoms with E-state index in [1.165, 1.54) is 0 Å². The van der Waals surface area contributed by atoms with Gasteiger partial charge < -0.3 is 5.11 Å². The maximum absolute atomic E-state index is 9.84. The Balaban J connectivity index is 2.32. The van der Waals surface area contributed by atoms with Crippen molar-refractivity contribution in [2.45, 2.75) is 6.92 Å². The summed E-state index contributed by atoms with van der Waals surface area (Å²) in [5, 5.41) is 15.9. The van der Waals surface area contributed by atoms with Crippen LogP contribution in [0.5, 0.6) is 5.75 Å². The third kappa shape index (κ3) is 2.51. The normalized spacial score (nSPS) is 16.3. The lowest BCUT2D eigenvalue weighted by Crippen LogP contribution is -2.13. The largest absolute Gasteiger partial charge is 0.506 e. The summed E-state index contributed by atoms with van der Waals surface area (Å²) < 4.78 is 0. The second kappa shape index (κ2) is 4.92. The van der Waals surface area contributed by atoms with Crippen LogP contribution in [0.3, 0.4) is 0 Å². The Kier molecular flexibility index (Phi) is 3.33. The predicted octanol–water partition coefficient (Wildman–Crippen LogP) is 3.18. The molecule has 0 fully saturated rings. The first-order valence-corrected chi connectivity index (χ1v) is 5.74. The molecule has 0 unspecified atom stereocenters. The standard InChI is InChI=1S/C15H16N2O/c1-11-8-9-15(18)14(10-11)17(3)16-13-7-5-4-6-12(13)2/h4-10,18H,2H2,1,3H3/b16-13-. The molecular weight excluding hydrogens is 224 g/mol. The number of benzene rings is 1. The molecule has 0 aliphatic heterocycles. The summed E-state index contributed by atoms with van der Waals surface area (Å²) >= 11 is 0. The number of nitrogens with zero attached hydrogens (tertiary/aromatic N) is 2. The number of hydrazone groups is 1. The Labute approximate surface area is 107 Å². The molecule has 18 heavy (non-hydrogen) atoms. The molecule has 0 aromatic heterocycles. The molecule has 1 aromatic carbocycles. The van der Waals surface area contributed by atoms with E-state index < -0.39 is 0 Å². The fourth-order valence-corrected chi connectivity index (χ4v) is 1.72. The molecule has 1 aromatic rings. The Hall–Kier alpha value is -2.29. The zero-order chi connectivity index (χ0) is 13.1. The highest BCUT2D eigenvalue weighted by Crippen LogP contribution is 2.27. The van der Waals surface area contributed by atoms with Crippen molar-refractivity contribution < 1.29 is 5.11 Å². The van der Waals surface area contributed by atoms with Gasteiger partial charge >= 0.3 is 0 Å². The molecule has 92 valence electrons. The van der Waals surface area contributed by atoms with Gasteiger partial charge in [-0.1, -0.05) is 30.9 Å². The zero-order valence-electron chi connectivity index (χ0n) is 10.6. The van der Waals surface area contributed by atoms with Crippen LogP contribution in [0.2, 0.25) is 0 Å². The van der Waals surface area contributed by atoms with Crippen LogP contribution in [0.1, 0.15) is 5.56 Å². The van der Waals surface area contributed by atoms with Crippen LogP contribution in [0.15, 0.2) is 59.8 Å². The van der Waals surface area contributed by atoms with Crippen molar-refractivity contribution in [3.05, 3.63) is 60.2 Å². The molecule has 0 amide bonds. The molecule has 0 saturated heterocycles. The van der Waals surface area contributed by atoms with Crippen molar-refractivity contribution in [3.63, 3.8) is 0 Å². The first-order chi connectivity index (χ1) is 8.58. The van der Waals surface area contributed by atoms with E-state index in [2.05, 4.69) is 11.7 Å². The molecule has 0 atom stereocenters. The van der Waals surface area contributed by atoms with E-state index in [9.17, 15) is 5.11 Å². The molecule has 1 N–H and O–H groups in total. The lowest BCUT2D eigenvalue weighted by molar-refractivity contribution is 0.475. The summed E-state index contributed by atoms with van der Waals surface area (Å²) in [5.74, 6) is 0.216. The van der Waals surface area contributed by atoms with Crippen LogP contribution in [0.4, 0.5) is 5.69 Å². The van der Waals surface area contributed by atoms with Crippen molar-refractivity contribution in [3.8, 4) is 5.75 Å². The van der Waals surface area contributed by atoms with Crippen LogP contribution < -0.4 is 5.01 Å². The summed E-state index contributed by atoms with van der Waals surface area (Å²) in [7, 11) is 1.81. The maximum Gasteiger partial charge on any atom is 0.140 e. The number of phenolic OH excluding ortho intramolecular Hbond substituents is 1. The number of hydrogen-bond acceptors (Lipinski definition) is 3. The molecule has 3 nitrogen and oxygen atoms in total. The highest BCUT2D eigenvalue weighted by atomic mass is 16.3. The van der Waals surface area contributed by atoms with Gasteiger partial charge in [-0.05, 0) is 36.3 Å². The minimum atomic E-state index is 0.216. The third-order valence-corrected chi connectivity index (χ3v) is 2.73. The molecule has 2 rings (SSSR count). The summed E-state index contributed by atoms with van der Waals surface area (Å²) in [6, 6.07) is 5.43. The lowest BCUT2D eigenvalue weighted by Gasteiger charge is -2.17. The van der Waals surface area contributed by atoms with Gasteiger partial charge in [0.2, 0.25) is 0 Å². The van der Waals surface area contributed by atoms with E-state index in [1.807, 2.05) is 43.4 Å². The van der Waals surface area contributed by atoms with Crippen molar-refractivity contribution in [1.29, 1.82) is 0 Å². The molecule has 1 aliphatic carbocycles. The average Bonchev–Trinajstić information content (AvgIpc) is 2.35. The molecule has 0 saturated carbocycles. The summed E-state index contributed by atoms with van der Waals surface area (Å²) in [4.78, 5) is 0. The molecule has 0 heterocycles. The quantitative estimate of drug-likeness (QED) is 0.806. The smallest absolute Gasteiger partial charge is 0.140 e. The topological polar surface area (TPSA) is 35.8 Å². The van der Waals surface area contributed by atoms with E-state index in [4.69, 9.17) is 0 Å². The monoisotopic (exact) mass is 240 g/mol. The Bertz CT molecular complexity index is 568. The first-order valence-electron chi connectivity index (χ1n) is 5.74. The highest BCUT2D eigenvalue weighted by Gasteiger charge is 2.08. The Morgan fingerprint density at radius 3 is 2.67 bits per heavy atom. The van der Waals surface area contributed by atoms with Crippen molar-refractivity contribution in [2.75, 3.05) is 12.1 Å². The van der Waals surface area contributed by atoms with E-state index >= 15 is 0 Å². The van der Waals surface area contributed by atoms with Gasteiger partial charge in [0.25, 0.3) is 0 Å². The number of aryl methyl sites for hydroxylation is 1. The second-order valence-electron chi connectivity index (χ2n) is 4.24. The predicted molar refractivity (Wildman–Crippen MR) is 76.1 cm³/mol. The molecule has 3 heteroatoms. The van der Waals surface area contributed by atoms with Crippen molar-refractivity contribution in [2.24, 2.45) is 5.10 Å². The van der Waals surface area contributed by atoms with Crippen LogP contribution in [-0.4, -0.2) is 17.9 Å². The SMILES string of the molecule is C=C1C=CC=C/C1=N/N(C)c1cc(C)ccc1O. The minimum absolute atomic E-state index is 0.216. The second-order valence-corrected chi connectivity index (χ2v) is 4.24. The number of allylic oxidation sites excluding steroid dienone is 5. The van der Waals surface area contributed by atoms with E-state index in [0.717, 1.165) is 16.8 Å². The Morgan fingerprint density at radius 2 is 1.94 bits per heavy atom. The maximum atomic E-state index is 9.84. The zero-order valence-corrected chi connectivity index (χ0v) is 10.6. The van der Waals surface area contributed by atoms with Crippen LogP contribution >= 0.6 is 0 Å². The van der Waals surface area contributed by atoms with E-state index in [1.54, 1.807) is 18.1 Å². The van der Waals surface area contributed by atoms with Gasteiger partial charge in [-0.3, -0.25) is 5.01 Å². The van der Waals surface area contributed by atoms with Gasteiger partial charge in [-0.2, -0.15) is 5.10 Å². The fraction of sp³-hybridized carbons (Fsp3) is 0.133. The number of phenols is 1. The van der Waals surface area contributed by atoms with Gasteiger partial charge in [0, 0.05) is 7.05 Å². The highest BCUT2D eigenvalue weighted by molar-refractivity contribution is 6.11. The van der Waals surface area contributed by atoms with Gasteiger partial charge in [0.05, 0.1) is 5.71 Å². The molecule has 0 bridgehead atoms. The minimum Gasteiger partial charge on any atom is -0.506 e. The fourth-order valence-electron chi connectivity index (χ4n) is 1.72. The van der Waals surface area contributed by atoms with Crippen LogP contribution in [0.25, 0.3) is 0 Å². The van der Waals surface area contributed by atoms with Crippen LogP contribution in [-0.2, 0) is 0 Å². The molecular formula is C15H16N2O. The number of rotatable bonds is 2. The number of aromatic hydroxyl groups is 1. The lowest BCUT2D eigenvalue weighted by atomic mass is 10.1. The third-order valence-electron chi connectivity index (χ3n) is 2.73. The Morgan fingerprint density at radius 1 is 1.22 bits per heavy atom. The molecule has 0 radical (unpaired) electrons. The average molecular weight is 240 g/mol. The number of hydrogen-bond donors (Lipinski definition) is 1. The van der Waals surface area contributed by atoms with Gasteiger partial charge in [-0.25, -0.2) is 0 Å². The van der Waals surface area contributed by atoms with Gasteiger partial charge in [0.15, 0.2) is 0 Å². The van der Waals surface area contributed by atoms with E-state index in [-0.39, 0.29) is 5.75 Å². The summed E-state index contributed by atoms with van der Waals surface area (Å²) in [5.41, 5.74) is 3.41. The molecule has 1 aliphatic rings. The molecule has 0 spiro atoms. The van der Waals surface area contributed by atoms with Crippen molar-refractivity contribution in [1.82, 2.24) is 0 Å². The number of anilines is 1. The summed E-state index contributed by atoms with van der Waals surface area (Å²) in [6.45, 7) is 5.90.